The third-order valence-electron chi connectivity index (χ3n) is 2.53. The SMILES string of the molecule is CCCCOCCNc1ncnc(NCC)c1OC. The highest BCUT2D eigenvalue weighted by Crippen LogP contribution is 2.28. The second-order valence-corrected chi connectivity index (χ2v) is 4.03. The minimum atomic E-state index is 0.637. The summed E-state index contributed by atoms with van der Waals surface area (Å²) in [6.45, 7) is 7.10. The predicted molar refractivity (Wildman–Crippen MR) is 77.0 cm³/mol. The second kappa shape index (κ2) is 9.38. The van der Waals surface area contributed by atoms with Crippen LogP contribution in [0.3, 0.4) is 0 Å². The summed E-state index contributed by atoms with van der Waals surface area (Å²) in [7, 11) is 1.61. The summed E-state index contributed by atoms with van der Waals surface area (Å²) < 4.78 is 10.8. The standard InChI is InChI=1S/C13H24N4O2/c1-4-6-8-19-9-7-15-13-11(18-3)12(14-5-2)16-10-17-13/h10H,4-9H2,1-3H3,(H2,14,15,16,17). The van der Waals surface area contributed by atoms with Crippen LogP contribution in [0, 0.1) is 0 Å². The first-order chi connectivity index (χ1) is 9.33. The number of unbranched alkanes of at least 4 members (excludes halogenated alkanes) is 1. The quantitative estimate of drug-likeness (QED) is 0.634. The highest BCUT2D eigenvalue weighted by atomic mass is 16.5. The lowest BCUT2D eigenvalue weighted by atomic mass is 10.4. The molecule has 0 aliphatic rings. The van der Waals surface area contributed by atoms with Crippen LogP contribution in [-0.4, -0.2) is 43.4 Å². The molecule has 0 spiro atoms. The van der Waals surface area contributed by atoms with Gasteiger partial charge in [0.25, 0.3) is 0 Å². The molecule has 0 aliphatic carbocycles. The highest BCUT2D eigenvalue weighted by molar-refractivity contribution is 5.63. The van der Waals surface area contributed by atoms with Gasteiger partial charge >= 0.3 is 0 Å². The minimum absolute atomic E-state index is 0.637. The number of aromatic nitrogens is 2. The van der Waals surface area contributed by atoms with Gasteiger partial charge in [0.1, 0.15) is 6.33 Å². The molecule has 0 bridgehead atoms. The highest BCUT2D eigenvalue weighted by Gasteiger charge is 2.10. The van der Waals surface area contributed by atoms with Gasteiger partial charge in [0, 0.05) is 19.7 Å². The van der Waals surface area contributed by atoms with E-state index in [4.69, 9.17) is 9.47 Å². The molecule has 0 atom stereocenters. The Kier molecular flexibility index (Phi) is 7.65. The van der Waals surface area contributed by atoms with E-state index >= 15 is 0 Å². The number of rotatable bonds is 10. The normalized spacial score (nSPS) is 10.3. The molecule has 1 aromatic heterocycles. The molecule has 0 unspecified atom stereocenters. The molecule has 6 nitrogen and oxygen atoms in total. The van der Waals surface area contributed by atoms with E-state index in [1.807, 2.05) is 6.92 Å². The third-order valence-corrected chi connectivity index (χ3v) is 2.53. The van der Waals surface area contributed by atoms with Gasteiger partial charge in [-0.15, -0.1) is 0 Å². The largest absolute Gasteiger partial charge is 0.490 e. The smallest absolute Gasteiger partial charge is 0.204 e. The summed E-state index contributed by atoms with van der Waals surface area (Å²) >= 11 is 0. The van der Waals surface area contributed by atoms with Gasteiger partial charge in [-0.05, 0) is 13.3 Å². The van der Waals surface area contributed by atoms with E-state index < -0.39 is 0 Å². The van der Waals surface area contributed by atoms with Gasteiger partial charge in [-0.3, -0.25) is 0 Å². The molecule has 1 heterocycles. The molecule has 0 aromatic carbocycles. The van der Waals surface area contributed by atoms with Crippen molar-refractivity contribution in [1.82, 2.24) is 9.97 Å². The Balaban J connectivity index is 2.46. The Morgan fingerprint density at radius 1 is 1.11 bits per heavy atom. The van der Waals surface area contributed by atoms with Crippen molar-refractivity contribution in [3.05, 3.63) is 6.33 Å². The maximum Gasteiger partial charge on any atom is 0.204 e. The summed E-state index contributed by atoms with van der Waals surface area (Å²) in [6, 6.07) is 0. The van der Waals surface area contributed by atoms with Gasteiger partial charge in [0.15, 0.2) is 11.6 Å². The summed E-state index contributed by atoms with van der Waals surface area (Å²) in [5, 5.41) is 6.34. The van der Waals surface area contributed by atoms with Crippen LogP contribution in [0.4, 0.5) is 11.6 Å². The van der Waals surface area contributed by atoms with Gasteiger partial charge in [-0.25, -0.2) is 9.97 Å². The molecule has 0 saturated heterocycles. The van der Waals surface area contributed by atoms with E-state index in [9.17, 15) is 0 Å². The zero-order valence-electron chi connectivity index (χ0n) is 12.0. The summed E-state index contributed by atoms with van der Waals surface area (Å²) in [5.74, 6) is 2.03. The molecule has 19 heavy (non-hydrogen) atoms. The second-order valence-electron chi connectivity index (χ2n) is 4.03. The van der Waals surface area contributed by atoms with E-state index in [-0.39, 0.29) is 0 Å². The molecule has 2 N–H and O–H groups in total. The topological polar surface area (TPSA) is 68.3 Å². The number of ether oxygens (including phenoxy) is 2. The monoisotopic (exact) mass is 268 g/mol. The molecule has 108 valence electrons. The zero-order chi connectivity index (χ0) is 13.9. The first-order valence-corrected chi connectivity index (χ1v) is 6.77. The minimum Gasteiger partial charge on any atom is -0.490 e. The Morgan fingerprint density at radius 2 is 1.84 bits per heavy atom. The number of anilines is 2. The molecular formula is C13H24N4O2. The lowest BCUT2D eigenvalue weighted by Gasteiger charge is -2.13. The number of nitrogens with one attached hydrogen (secondary N) is 2. The first-order valence-electron chi connectivity index (χ1n) is 6.77. The molecule has 0 amide bonds. The van der Waals surface area contributed by atoms with Crippen molar-refractivity contribution >= 4 is 11.6 Å². The summed E-state index contributed by atoms with van der Waals surface area (Å²) in [5.41, 5.74) is 0. The first kappa shape index (κ1) is 15.5. The Morgan fingerprint density at radius 3 is 2.47 bits per heavy atom. The lowest BCUT2D eigenvalue weighted by Crippen LogP contribution is -2.13. The number of hydrogen-bond acceptors (Lipinski definition) is 6. The maximum atomic E-state index is 5.48. The molecule has 0 aliphatic heterocycles. The number of hydrogen-bond donors (Lipinski definition) is 2. The van der Waals surface area contributed by atoms with Crippen LogP contribution < -0.4 is 15.4 Å². The third kappa shape index (κ3) is 5.30. The van der Waals surface area contributed by atoms with E-state index in [0.29, 0.717) is 30.5 Å². The van der Waals surface area contributed by atoms with Gasteiger partial charge in [-0.2, -0.15) is 0 Å². The van der Waals surface area contributed by atoms with E-state index in [1.54, 1.807) is 7.11 Å². The van der Waals surface area contributed by atoms with E-state index in [0.717, 1.165) is 26.0 Å². The lowest BCUT2D eigenvalue weighted by molar-refractivity contribution is 0.141. The predicted octanol–water partition coefficient (Wildman–Crippen LogP) is 2.15. The maximum absolute atomic E-state index is 5.48. The molecular weight excluding hydrogens is 244 g/mol. The summed E-state index contributed by atoms with van der Waals surface area (Å²) in [4.78, 5) is 8.33. The van der Waals surface area contributed by atoms with Gasteiger partial charge in [0.2, 0.25) is 5.75 Å². The fourth-order valence-electron chi connectivity index (χ4n) is 1.58. The Bertz CT molecular complexity index is 360. The van der Waals surface area contributed by atoms with Crippen LogP contribution in [-0.2, 0) is 4.74 Å². The van der Waals surface area contributed by atoms with Crippen LogP contribution in [0.2, 0.25) is 0 Å². The van der Waals surface area contributed by atoms with Crippen molar-refractivity contribution in [3.63, 3.8) is 0 Å². The molecule has 6 heteroatoms. The van der Waals surface area contributed by atoms with Crippen LogP contribution in [0.1, 0.15) is 26.7 Å². The summed E-state index contributed by atoms with van der Waals surface area (Å²) in [6.07, 6.45) is 3.77. The van der Waals surface area contributed by atoms with Crippen molar-refractivity contribution in [1.29, 1.82) is 0 Å². The number of methoxy groups -OCH3 is 1. The zero-order valence-corrected chi connectivity index (χ0v) is 12.0. The average molecular weight is 268 g/mol. The van der Waals surface area contributed by atoms with Gasteiger partial charge in [-0.1, -0.05) is 13.3 Å². The van der Waals surface area contributed by atoms with Crippen LogP contribution >= 0.6 is 0 Å². The van der Waals surface area contributed by atoms with Crippen molar-refractivity contribution in [3.8, 4) is 5.75 Å². The van der Waals surface area contributed by atoms with Crippen LogP contribution in [0.5, 0.6) is 5.75 Å². The van der Waals surface area contributed by atoms with Crippen molar-refractivity contribution in [2.24, 2.45) is 0 Å². The molecule has 0 fully saturated rings. The van der Waals surface area contributed by atoms with Crippen molar-refractivity contribution < 1.29 is 9.47 Å². The van der Waals surface area contributed by atoms with Crippen LogP contribution in [0.15, 0.2) is 6.33 Å². The Labute approximate surface area is 114 Å². The van der Waals surface area contributed by atoms with Crippen LogP contribution in [0.25, 0.3) is 0 Å². The Hall–Kier alpha value is -1.56. The molecule has 1 aromatic rings. The van der Waals surface area contributed by atoms with Gasteiger partial charge in [0.05, 0.1) is 13.7 Å². The average Bonchev–Trinajstić information content (AvgIpc) is 2.43. The van der Waals surface area contributed by atoms with Crippen molar-refractivity contribution in [2.45, 2.75) is 26.7 Å². The molecule has 0 radical (unpaired) electrons. The van der Waals surface area contributed by atoms with E-state index in [1.165, 1.54) is 6.33 Å². The molecule has 0 saturated carbocycles. The number of nitrogens with zero attached hydrogens (tertiary/aromatic N) is 2. The fourth-order valence-corrected chi connectivity index (χ4v) is 1.58. The van der Waals surface area contributed by atoms with E-state index in [2.05, 4.69) is 27.5 Å². The van der Waals surface area contributed by atoms with Gasteiger partial charge < -0.3 is 20.1 Å². The van der Waals surface area contributed by atoms with Crippen molar-refractivity contribution in [2.75, 3.05) is 44.0 Å². The fraction of sp³-hybridized carbons (Fsp3) is 0.692. The molecule has 1 rings (SSSR count).